The van der Waals surface area contributed by atoms with E-state index < -0.39 is 0 Å². The van der Waals surface area contributed by atoms with Crippen molar-refractivity contribution in [3.63, 3.8) is 0 Å². The third-order valence-corrected chi connectivity index (χ3v) is 8.64. The number of aromatic nitrogens is 5. The molecule has 5 aromatic rings. The number of hydrogen-bond acceptors (Lipinski definition) is 8. The molecule has 4 heterocycles. The van der Waals surface area contributed by atoms with Crippen LogP contribution in [0.2, 0.25) is 0 Å². The lowest BCUT2D eigenvalue weighted by molar-refractivity contribution is 0.0996. The lowest BCUT2D eigenvalue weighted by atomic mass is 9.99. The average molecular weight is 578 g/mol. The third kappa shape index (κ3) is 5.51. The topological polar surface area (TPSA) is 101 Å². The van der Waals surface area contributed by atoms with Crippen molar-refractivity contribution in [2.24, 2.45) is 0 Å². The number of ether oxygens (including phenoxy) is 2. The molecule has 3 aromatic carbocycles. The van der Waals surface area contributed by atoms with E-state index in [1.165, 1.54) is 11.1 Å². The number of nitrogens with zero attached hydrogens (tertiary/aromatic N) is 6. The predicted octanol–water partition coefficient (Wildman–Crippen LogP) is 4.01. The molecule has 0 bridgehead atoms. The van der Waals surface area contributed by atoms with Crippen LogP contribution in [0.15, 0.2) is 71.5 Å². The van der Waals surface area contributed by atoms with Crippen molar-refractivity contribution < 1.29 is 9.47 Å². The van der Waals surface area contributed by atoms with Gasteiger partial charge in [0.05, 0.1) is 5.52 Å². The molecule has 0 radical (unpaired) electrons. The van der Waals surface area contributed by atoms with Crippen LogP contribution in [0.5, 0.6) is 11.5 Å². The van der Waals surface area contributed by atoms with Gasteiger partial charge in [0.25, 0.3) is 5.56 Å². The summed E-state index contributed by atoms with van der Waals surface area (Å²) < 4.78 is 12.9. The van der Waals surface area contributed by atoms with Gasteiger partial charge in [-0.2, -0.15) is 0 Å². The highest BCUT2D eigenvalue weighted by atomic mass is 16.7. The number of hydrogen-bond donors (Lipinski definition) is 1. The second-order valence-electron chi connectivity index (χ2n) is 11.4. The van der Waals surface area contributed by atoms with Gasteiger partial charge in [0, 0.05) is 50.2 Å². The maximum Gasteiger partial charge on any atom is 0.253 e. The van der Waals surface area contributed by atoms with Crippen LogP contribution in [0, 0.1) is 13.8 Å². The Hall–Kier alpha value is -4.54. The highest BCUT2D eigenvalue weighted by Gasteiger charge is 2.33. The van der Waals surface area contributed by atoms with E-state index in [-0.39, 0.29) is 18.4 Å². The van der Waals surface area contributed by atoms with E-state index in [9.17, 15) is 4.79 Å². The summed E-state index contributed by atoms with van der Waals surface area (Å²) in [6.45, 7) is 9.05. The van der Waals surface area contributed by atoms with Crippen LogP contribution < -0.4 is 15.0 Å². The first-order valence-electron chi connectivity index (χ1n) is 14.8. The molecule has 1 N–H and O–H groups in total. The second-order valence-corrected chi connectivity index (χ2v) is 11.4. The minimum Gasteiger partial charge on any atom is -0.454 e. The van der Waals surface area contributed by atoms with E-state index in [0.29, 0.717) is 17.9 Å². The maximum absolute atomic E-state index is 13.8. The molecule has 0 spiro atoms. The van der Waals surface area contributed by atoms with Gasteiger partial charge in [-0.15, -0.1) is 5.10 Å². The van der Waals surface area contributed by atoms with Gasteiger partial charge < -0.3 is 14.5 Å². The Bertz CT molecular complexity index is 1810. The van der Waals surface area contributed by atoms with E-state index in [1.54, 1.807) is 0 Å². The van der Waals surface area contributed by atoms with Gasteiger partial charge in [-0.1, -0.05) is 48.5 Å². The van der Waals surface area contributed by atoms with Crippen LogP contribution in [0.25, 0.3) is 10.9 Å². The molecule has 220 valence electrons. The summed E-state index contributed by atoms with van der Waals surface area (Å²) in [5.41, 5.74) is 6.01. The molecule has 2 aliphatic rings. The van der Waals surface area contributed by atoms with Gasteiger partial charge in [0.15, 0.2) is 17.3 Å². The number of tetrazole rings is 1. The molecule has 1 atom stereocenters. The molecule has 0 amide bonds. The number of pyridine rings is 1. The normalized spacial score (nSPS) is 16.1. The minimum absolute atomic E-state index is 0.105. The Kier molecular flexibility index (Phi) is 7.38. The molecular weight excluding hydrogens is 542 g/mol. The molecule has 10 nitrogen and oxygen atoms in total. The maximum atomic E-state index is 13.8. The molecule has 1 unspecified atom stereocenters. The van der Waals surface area contributed by atoms with Crippen LogP contribution in [0.4, 0.5) is 0 Å². The van der Waals surface area contributed by atoms with Gasteiger partial charge in [-0.05, 0) is 71.1 Å². The third-order valence-electron chi connectivity index (χ3n) is 8.64. The van der Waals surface area contributed by atoms with Crippen LogP contribution >= 0.6 is 0 Å². The van der Waals surface area contributed by atoms with E-state index in [2.05, 4.69) is 73.6 Å². The fourth-order valence-corrected chi connectivity index (χ4v) is 6.22. The van der Waals surface area contributed by atoms with Gasteiger partial charge in [-0.3, -0.25) is 14.6 Å². The summed E-state index contributed by atoms with van der Waals surface area (Å²) in [5.74, 6) is 2.29. The standard InChI is InChI=1S/C33H35N7O3/c1-22-8-9-23(2)30-26(22)19-27(33(41)34-30)31(32-35-36-37-40(32)13-12-24-6-4-3-5-7-24)39-16-14-38(15-17-39)20-25-10-11-28-29(18-25)43-21-42-28/h3-11,18-19,31H,12-17,20-21H2,1-2H3,(H,34,41). The van der Waals surface area contributed by atoms with E-state index >= 15 is 0 Å². The van der Waals surface area contributed by atoms with E-state index in [0.717, 1.165) is 72.7 Å². The zero-order chi connectivity index (χ0) is 29.3. The predicted molar refractivity (Wildman–Crippen MR) is 163 cm³/mol. The number of aromatic amines is 1. The average Bonchev–Trinajstić information content (AvgIpc) is 3.69. The van der Waals surface area contributed by atoms with Gasteiger partial charge in [0.2, 0.25) is 6.79 Å². The number of piperazine rings is 1. The second kappa shape index (κ2) is 11.6. The number of rotatable bonds is 8. The fraction of sp³-hybridized carbons (Fsp3) is 0.333. The Labute approximate surface area is 249 Å². The van der Waals surface area contributed by atoms with Crippen molar-refractivity contribution in [2.45, 2.75) is 39.4 Å². The monoisotopic (exact) mass is 577 g/mol. The summed E-state index contributed by atoms with van der Waals surface area (Å²) in [4.78, 5) is 21.7. The number of fused-ring (bicyclic) bond motifs is 2. The smallest absolute Gasteiger partial charge is 0.253 e. The molecule has 2 aliphatic heterocycles. The summed E-state index contributed by atoms with van der Waals surface area (Å²) >= 11 is 0. The molecule has 1 fully saturated rings. The van der Waals surface area contributed by atoms with Gasteiger partial charge >= 0.3 is 0 Å². The Morgan fingerprint density at radius 3 is 2.51 bits per heavy atom. The van der Waals surface area contributed by atoms with Crippen molar-refractivity contribution in [2.75, 3.05) is 33.0 Å². The fourth-order valence-electron chi connectivity index (χ4n) is 6.22. The molecule has 2 aromatic heterocycles. The van der Waals surface area contributed by atoms with Gasteiger partial charge in [-0.25, -0.2) is 4.68 Å². The minimum atomic E-state index is -0.383. The summed E-state index contributed by atoms with van der Waals surface area (Å²) in [5, 5.41) is 14.0. The van der Waals surface area contributed by atoms with Crippen LogP contribution in [-0.2, 0) is 19.5 Å². The van der Waals surface area contributed by atoms with Crippen LogP contribution in [-0.4, -0.2) is 68.0 Å². The summed E-state index contributed by atoms with van der Waals surface area (Å²) in [7, 11) is 0. The molecule has 0 saturated carbocycles. The summed E-state index contributed by atoms with van der Waals surface area (Å²) in [6.07, 6.45) is 0.793. The Morgan fingerprint density at radius 1 is 0.884 bits per heavy atom. The summed E-state index contributed by atoms with van der Waals surface area (Å²) in [6, 6.07) is 22.3. The Morgan fingerprint density at radius 2 is 1.67 bits per heavy atom. The van der Waals surface area contributed by atoms with E-state index in [4.69, 9.17) is 9.47 Å². The van der Waals surface area contributed by atoms with E-state index in [1.807, 2.05) is 41.9 Å². The molecule has 10 heteroatoms. The molecular formula is C33H35N7O3. The Balaban J connectivity index is 1.19. The molecule has 7 rings (SSSR count). The number of H-pyrrole nitrogens is 1. The zero-order valence-corrected chi connectivity index (χ0v) is 24.5. The molecule has 43 heavy (non-hydrogen) atoms. The van der Waals surface area contributed by atoms with Crippen molar-refractivity contribution in [1.82, 2.24) is 35.0 Å². The lowest BCUT2D eigenvalue weighted by Gasteiger charge is -2.38. The van der Waals surface area contributed by atoms with Crippen LogP contribution in [0.1, 0.15) is 39.7 Å². The van der Waals surface area contributed by atoms with Crippen molar-refractivity contribution >= 4 is 10.9 Å². The highest BCUT2D eigenvalue weighted by Crippen LogP contribution is 2.33. The van der Waals surface area contributed by atoms with Crippen molar-refractivity contribution in [1.29, 1.82) is 0 Å². The largest absolute Gasteiger partial charge is 0.454 e. The van der Waals surface area contributed by atoms with Crippen molar-refractivity contribution in [3.8, 4) is 11.5 Å². The first-order chi connectivity index (χ1) is 21.0. The number of nitrogens with one attached hydrogen (secondary N) is 1. The van der Waals surface area contributed by atoms with Gasteiger partial charge in [0.1, 0.15) is 6.04 Å². The molecule has 1 saturated heterocycles. The first kappa shape index (κ1) is 27.3. The number of benzene rings is 3. The number of aryl methyl sites for hydroxylation is 4. The highest BCUT2D eigenvalue weighted by molar-refractivity contribution is 5.85. The molecule has 0 aliphatic carbocycles. The quantitative estimate of drug-likeness (QED) is 0.295. The first-order valence-corrected chi connectivity index (χ1v) is 14.8. The van der Waals surface area contributed by atoms with Crippen LogP contribution in [0.3, 0.4) is 0 Å². The SMILES string of the molecule is Cc1ccc(C)c2[nH]c(=O)c(C(c3nnnn3CCc3ccccc3)N3CCN(Cc4ccc5c(c4)OCO5)CC3)cc12. The lowest BCUT2D eigenvalue weighted by Crippen LogP contribution is -2.48. The zero-order valence-electron chi connectivity index (χ0n) is 24.5. The van der Waals surface area contributed by atoms with Crippen molar-refractivity contribution in [3.05, 3.63) is 111 Å².